The minimum atomic E-state index is -3.93. The van der Waals surface area contributed by atoms with Gasteiger partial charge >= 0.3 is 0 Å². The van der Waals surface area contributed by atoms with E-state index in [-0.39, 0.29) is 17.2 Å². The third-order valence-corrected chi connectivity index (χ3v) is 4.73. The van der Waals surface area contributed by atoms with Gasteiger partial charge in [-0.05, 0) is 36.6 Å². The highest BCUT2D eigenvalue weighted by Crippen LogP contribution is 2.22. The maximum absolute atomic E-state index is 12.2. The Hall–Kier alpha value is -2.45. The van der Waals surface area contributed by atoms with Crippen LogP contribution in [0.5, 0.6) is 5.75 Å². The van der Waals surface area contributed by atoms with E-state index < -0.39 is 20.6 Å². The average Bonchev–Trinajstić information content (AvgIpc) is 2.53. The standard InChI is InChI=1S/C15H16N2O5S/c18-13-9-7-12(8-10-13)4-3-11-16-23(21,22)15-6-2-1-5-14(15)17(19)20/h1-2,5-10,16,18H,3-4,11H2. The number of phenols is 1. The molecule has 0 atom stereocenters. The quantitative estimate of drug-likeness (QED) is 0.458. The van der Waals surface area contributed by atoms with Crippen molar-refractivity contribution in [3.63, 3.8) is 0 Å². The SMILES string of the molecule is O=[N+]([O-])c1ccccc1S(=O)(=O)NCCCc1ccc(O)cc1. The molecule has 0 unspecified atom stereocenters. The van der Waals surface area contributed by atoms with Gasteiger partial charge in [-0.1, -0.05) is 24.3 Å². The topological polar surface area (TPSA) is 110 Å². The van der Waals surface area contributed by atoms with Crippen molar-refractivity contribution in [2.45, 2.75) is 17.7 Å². The summed E-state index contributed by atoms with van der Waals surface area (Å²) in [5.41, 5.74) is 0.520. The van der Waals surface area contributed by atoms with E-state index in [9.17, 15) is 23.6 Å². The van der Waals surface area contributed by atoms with Crippen LogP contribution in [-0.2, 0) is 16.4 Å². The van der Waals surface area contributed by atoms with Gasteiger partial charge in [0, 0.05) is 12.6 Å². The Morgan fingerprint density at radius 2 is 1.74 bits per heavy atom. The summed E-state index contributed by atoms with van der Waals surface area (Å²) in [6.45, 7) is 0.162. The number of phenolic OH excluding ortho intramolecular Hbond substituents is 1. The zero-order valence-electron chi connectivity index (χ0n) is 12.2. The molecule has 0 heterocycles. The first-order chi connectivity index (χ1) is 10.9. The number of rotatable bonds is 7. The summed E-state index contributed by atoms with van der Waals surface area (Å²) >= 11 is 0. The summed E-state index contributed by atoms with van der Waals surface area (Å²) in [4.78, 5) is 9.85. The number of aromatic hydroxyl groups is 1. The first-order valence-electron chi connectivity index (χ1n) is 6.91. The van der Waals surface area contributed by atoms with Crippen LogP contribution in [-0.4, -0.2) is 25.0 Å². The fraction of sp³-hybridized carbons (Fsp3) is 0.200. The monoisotopic (exact) mass is 336 g/mol. The van der Waals surface area contributed by atoms with Gasteiger partial charge in [0.05, 0.1) is 4.92 Å². The lowest BCUT2D eigenvalue weighted by Crippen LogP contribution is -2.25. The van der Waals surface area contributed by atoms with Crippen LogP contribution in [0.4, 0.5) is 5.69 Å². The van der Waals surface area contributed by atoms with Crippen molar-refractivity contribution in [2.75, 3.05) is 6.54 Å². The van der Waals surface area contributed by atoms with E-state index in [2.05, 4.69) is 4.72 Å². The summed E-state index contributed by atoms with van der Waals surface area (Å²) < 4.78 is 26.7. The number of sulfonamides is 1. The number of benzene rings is 2. The highest BCUT2D eigenvalue weighted by atomic mass is 32.2. The van der Waals surface area contributed by atoms with Crippen LogP contribution in [0.1, 0.15) is 12.0 Å². The number of nitrogens with zero attached hydrogens (tertiary/aromatic N) is 1. The molecule has 2 N–H and O–H groups in total. The number of nitro benzene ring substituents is 1. The second kappa shape index (κ2) is 7.21. The van der Waals surface area contributed by atoms with E-state index in [0.717, 1.165) is 11.6 Å². The van der Waals surface area contributed by atoms with Crippen molar-refractivity contribution >= 4 is 15.7 Å². The second-order valence-corrected chi connectivity index (χ2v) is 6.63. The molecule has 0 fully saturated rings. The van der Waals surface area contributed by atoms with Crippen LogP contribution < -0.4 is 4.72 Å². The third-order valence-electron chi connectivity index (χ3n) is 3.22. The first-order valence-corrected chi connectivity index (χ1v) is 8.39. The minimum Gasteiger partial charge on any atom is -0.508 e. The highest BCUT2D eigenvalue weighted by Gasteiger charge is 2.24. The smallest absolute Gasteiger partial charge is 0.289 e. The first kappa shape index (κ1) is 16.9. The van der Waals surface area contributed by atoms with Crippen LogP contribution in [0.2, 0.25) is 0 Å². The molecule has 122 valence electrons. The number of nitrogens with one attached hydrogen (secondary N) is 1. The van der Waals surface area contributed by atoms with E-state index in [1.54, 1.807) is 24.3 Å². The Balaban J connectivity index is 1.97. The molecule has 0 saturated heterocycles. The second-order valence-electron chi connectivity index (χ2n) is 4.89. The third kappa shape index (κ3) is 4.51. The van der Waals surface area contributed by atoms with Crippen LogP contribution in [0.15, 0.2) is 53.4 Å². The Morgan fingerprint density at radius 3 is 2.39 bits per heavy atom. The van der Waals surface area contributed by atoms with E-state index in [4.69, 9.17) is 0 Å². The Kier molecular flexibility index (Phi) is 5.30. The molecule has 23 heavy (non-hydrogen) atoms. The molecule has 2 aromatic rings. The Morgan fingerprint density at radius 1 is 1.09 bits per heavy atom. The zero-order valence-corrected chi connectivity index (χ0v) is 13.0. The van der Waals surface area contributed by atoms with Gasteiger partial charge in [-0.15, -0.1) is 0 Å². The lowest BCUT2D eigenvalue weighted by molar-refractivity contribution is -0.387. The van der Waals surface area contributed by atoms with Gasteiger partial charge in [-0.2, -0.15) is 0 Å². The van der Waals surface area contributed by atoms with Crippen molar-refractivity contribution in [3.05, 3.63) is 64.2 Å². The van der Waals surface area contributed by atoms with Crippen molar-refractivity contribution in [2.24, 2.45) is 0 Å². The molecular weight excluding hydrogens is 320 g/mol. The van der Waals surface area contributed by atoms with E-state index in [0.29, 0.717) is 12.8 Å². The van der Waals surface area contributed by atoms with Crippen molar-refractivity contribution < 1.29 is 18.4 Å². The summed E-state index contributed by atoms with van der Waals surface area (Å²) in [5.74, 6) is 0.172. The Labute approximate surface area is 133 Å². The molecule has 2 aromatic carbocycles. The fourth-order valence-electron chi connectivity index (χ4n) is 2.07. The number of aryl methyl sites for hydroxylation is 1. The van der Waals surface area contributed by atoms with Gasteiger partial charge in [0.15, 0.2) is 4.90 Å². The average molecular weight is 336 g/mol. The maximum Gasteiger partial charge on any atom is 0.289 e. The van der Waals surface area contributed by atoms with Gasteiger partial charge in [0.2, 0.25) is 10.0 Å². The molecule has 0 radical (unpaired) electrons. The lowest BCUT2D eigenvalue weighted by Gasteiger charge is -2.07. The lowest BCUT2D eigenvalue weighted by atomic mass is 10.1. The minimum absolute atomic E-state index is 0.162. The van der Waals surface area contributed by atoms with Crippen LogP contribution in [0, 0.1) is 10.1 Å². The van der Waals surface area contributed by atoms with Crippen LogP contribution in [0.25, 0.3) is 0 Å². The van der Waals surface area contributed by atoms with E-state index >= 15 is 0 Å². The molecule has 7 nitrogen and oxygen atoms in total. The van der Waals surface area contributed by atoms with Crippen molar-refractivity contribution in [1.82, 2.24) is 4.72 Å². The van der Waals surface area contributed by atoms with Gasteiger partial charge in [-0.3, -0.25) is 10.1 Å². The zero-order chi connectivity index (χ0) is 16.9. The van der Waals surface area contributed by atoms with Crippen LogP contribution in [0.3, 0.4) is 0 Å². The summed E-state index contributed by atoms with van der Waals surface area (Å²) in [5, 5.41) is 20.1. The van der Waals surface area contributed by atoms with Crippen LogP contribution >= 0.6 is 0 Å². The molecule has 8 heteroatoms. The number of para-hydroxylation sites is 1. The largest absolute Gasteiger partial charge is 0.508 e. The molecule has 0 saturated carbocycles. The normalized spacial score (nSPS) is 11.3. The number of hydrogen-bond acceptors (Lipinski definition) is 5. The van der Waals surface area contributed by atoms with Gasteiger partial charge < -0.3 is 5.11 Å². The van der Waals surface area contributed by atoms with Crippen molar-refractivity contribution in [1.29, 1.82) is 0 Å². The highest BCUT2D eigenvalue weighted by molar-refractivity contribution is 7.89. The molecule has 0 aliphatic carbocycles. The van der Waals surface area contributed by atoms with Gasteiger partial charge in [0.1, 0.15) is 5.75 Å². The fourth-order valence-corrected chi connectivity index (χ4v) is 3.32. The molecular formula is C15H16N2O5S. The number of hydrogen-bond donors (Lipinski definition) is 2. The maximum atomic E-state index is 12.2. The number of nitro groups is 1. The van der Waals surface area contributed by atoms with E-state index in [1.165, 1.54) is 18.2 Å². The summed E-state index contributed by atoms with van der Waals surface area (Å²) in [6.07, 6.45) is 1.16. The van der Waals surface area contributed by atoms with Gasteiger partial charge in [0.25, 0.3) is 5.69 Å². The predicted molar refractivity (Wildman–Crippen MR) is 84.7 cm³/mol. The van der Waals surface area contributed by atoms with E-state index in [1.807, 2.05) is 0 Å². The molecule has 0 amide bonds. The molecule has 2 rings (SSSR count). The molecule has 0 bridgehead atoms. The molecule has 0 aromatic heterocycles. The Bertz CT molecular complexity index is 788. The molecule has 0 aliphatic rings. The van der Waals surface area contributed by atoms with Crippen molar-refractivity contribution in [3.8, 4) is 5.75 Å². The summed E-state index contributed by atoms with van der Waals surface area (Å²) in [7, 11) is -3.93. The summed E-state index contributed by atoms with van der Waals surface area (Å²) in [6, 6.07) is 11.9. The van der Waals surface area contributed by atoms with Gasteiger partial charge in [-0.25, -0.2) is 13.1 Å². The molecule has 0 spiro atoms. The predicted octanol–water partition coefficient (Wildman–Crippen LogP) is 2.21. The molecule has 0 aliphatic heterocycles.